The predicted molar refractivity (Wildman–Crippen MR) is 129 cm³/mol. The van der Waals surface area contributed by atoms with E-state index in [0.717, 1.165) is 5.56 Å². The summed E-state index contributed by atoms with van der Waals surface area (Å²) in [6, 6.07) is 10.8. The number of alkyl halides is 2. The second kappa shape index (κ2) is 9.49. The number of benzene rings is 1. The highest BCUT2D eigenvalue weighted by Crippen LogP contribution is 2.32. The molecule has 35 heavy (non-hydrogen) atoms. The summed E-state index contributed by atoms with van der Waals surface area (Å²) in [6.45, 7) is 5.30. The molecule has 0 saturated heterocycles. The van der Waals surface area contributed by atoms with Crippen LogP contribution in [0.1, 0.15) is 47.5 Å². The third kappa shape index (κ3) is 4.54. The van der Waals surface area contributed by atoms with E-state index in [-0.39, 0.29) is 34.0 Å². The molecule has 4 aromatic rings. The summed E-state index contributed by atoms with van der Waals surface area (Å²) in [6.07, 6.45) is -1.24. The van der Waals surface area contributed by atoms with E-state index in [2.05, 4.69) is 20.4 Å². The van der Waals surface area contributed by atoms with Crippen molar-refractivity contribution in [3.8, 4) is 11.5 Å². The number of halogens is 2. The van der Waals surface area contributed by atoms with Crippen LogP contribution in [0, 0.1) is 13.8 Å². The van der Waals surface area contributed by atoms with Crippen molar-refractivity contribution in [2.45, 2.75) is 33.2 Å². The summed E-state index contributed by atoms with van der Waals surface area (Å²) in [4.78, 5) is 21.4. The Balaban J connectivity index is 1.88. The second-order valence-corrected chi connectivity index (χ2v) is 8.12. The summed E-state index contributed by atoms with van der Waals surface area (Å²) in [5, 5.41) is 15.7. The number of aryl methyl sites for hydroxylation is 1. The summed E-state index contributed by atoms with van der Waals surface area (Å²) in [5.74, 6) is -0.0372. The van der Waals surface area contributed by atoms with Gasteiger partial charge in [0.05, 0.1) is 17.1 Å². The fourth-order valence-corrected chi connectivity index (χ4v) is 3.92. The minimum absolute atomic E-state index is 0.126. The van der Waals surface area contributed by atoms with Gasteiger partial charge < -0.3 is 20.7 Å². The lowest BCUT2D eigenvalue weighted by atomic mass is 9.99. The fourth-order valence-electron chi connectivity index (χ4n) is 3.92. The highest BCUT2D eigenvalue weighted by Gasteiger charge is 2.21. The molecule has 1 aromatic carbocycles. The van der Waals surface area contributed by atoms with E-state index in [1.54, 1.807) is 25.1 Å². The topological polar surface area (TPSA) is 127 Å². The van der Waals surface area contributed by atoms with E-state index < -0.39 is 18.2 Å². The number of oxime groups is 1. The van der Waals surface area contributed by atoms with Crippen molar-refractivity contribution in [3.63, 3.8) is 0 Å². The SMILES string of the molecule is Cc1cc([C@@H](C)Nc2cccnc2/C(N)=N/O)c2oc(-c3cccc(C(F)F)n3)c(C)c(=O)c2c1. The average Bonchev–Trinajstić information content (AvgIpc) is 2.85. The monoisotopic (exact) mass is 479 g/mol. The number of rotatable bonds is 6. The Morgan fingerprint density at radius 3 is 2.69 bits per heavy atom. The number of nitrogens with zero attached hydrogens (tertiary/aromatic N) is 3. The van der Waals surface area contributed by atoms with E-state index in [1.807, 2.05) is 19.9 Å². The van der Waals surface area contributed by atoms with E-state index in [1.165, 1.54) is 24.4 Å². The van der Waals surface area contributed by atoms with Gasteiger partial charge in [-0.15, -0.1) is 0 Å². The van der Waals surface area contributed by atoms with Crippen LogP contribution in [0.3, 0.4) is 0 Å². The van der Waals surface area contributed by atoms with Gasteiger partial charge in [0.1, 0.15) is 22.7 Å². The standard InChI is InChI=1S/C25H23F2N5O3/c1-12-10-15(14(3)30-17-8-5-9-29-20(17)25(28)32-34)23-16(11-12)21(33)13(2)22(35-23)18-6-4-7-19(31-18)24(26)27/h4-11,14,24,30,34H,1-3H3,(H2,28,32)/t14-/m1/s1. The van der Waals surface area contributed by atoms with E-state index in [4.69, 9.17) is 15.4 Å². The fraction of sp³-hybridized carbons (Fsp3) is 0.200. The molecule has 0 aliphatic heterocycles. The van der Waals surface area contributed by atoms with Crippen molar-refractivity contribution in [3.05, 3.63) is 87.0 Å². The summed E-state index contributed by atoms with van der Waals surface area (Å²) in [7, 11) is 0. The number of amidine groups is 1. The van der Waals surface area contributed by atoms with Gasteiger partial charge in [0.2, 0.25) is 0 Å². The highest BCUT2D eigenvalue weighted by molar-refractivity contribution is 6.00. The molecule has 3 heterocycles. The zero-order valence-electron chi connectivity index (χ0n) is 19.2. The third-order valence-corrected chi connectivity index (χ3v) is 5.62. The number of nitrogens with one attached hydrogen (secondary N) is 1. The zero-order chi connectivity index (χ0) is 25.3. The quantitative estimate of drug-likeness (QED) is 0.152. The molecule has 3 aromatic heterocycles. The number of anilines is 1. The van der Waals surface area contributed by atoms with Crippen LogP contribution >= 0.6 is 0 Å². The molecule has 0 spiro atoms. The van der Waals surface area contributed by atoms with Gasteiger partial charge in [-0.2, -0.15) is 0 Å². The van der Waals surface area contributed by atoms with Gasteiger partial charge in [-0.1, -0.05) is 17.3 Å². The van der Waals surface area contributed by atoms with E-state index in [9.17, 15) is 13.6 Å². The normalized spacial score (nSPS) is 12.8. The van der Waals surface area contributed by atoms with Crippen molar-refractivity contribution in [2.75, 3.05) is 5.32 Å². The lowest BCUT2D eigenvalue weighted by Crippen LogP contribution is -2.19. The van der Waals surface area contributed by atoms with Crippen LogP contribution in [0.25, 0.3) is 22.4 Å². The molecule has 0 aliphatic carbocycles. The molecule has 0 unspecified atom stereocenters. The molecule has 0 aliphatic rings. The second-order valence-electron chi connectivity index (χ2n) is 8.12. The van der Waals surface area contributed by atoms with Crippen LogP contribution in [0.5, 0.6) is 0 Å². The third-order valence-electron chi connectivity index (χ3n) is 5.62. The number of fused-ring (bicyclic) bond motifs is 1. The van der Waals surface area contributed by atoms with Crippen LogP contribution in [0.4, 0.5) is 14.5 Å². The van der Waals surface area contributed by atoms with Crippen LogP contribution in [0.2, 0.25) is 0 Å². The van der Waals surface area contributed by atoms with Gasteiger partial charge in [-0.25, -0.2) is 13.8 Å². The molecule has 0 fully saturated rings. The van der Waals surface area contributed by atoms with Crippen LogP contribution in [-0.2, 0) is 0 Å². The van der Waals surface area contributed by atoms with Crippen LogP contribution in [-0.4, -0.2) is 21.0 Å². The molecule has 10 heteroatoms. The molecular weight excluding hydrogens is 456 g/mol. The lowest BCUT2D eigenvalue weighted by Gasteiger charge is -2.20. The van der Waals surface area contributed by atoms with Gasteiger partial charge in [-0.05, 0) is 56.7 Å². The summed E-state index contributed by atoms with van der Waals surface area (Å²) < 4.78 is 32.6. The summed E-state index contributed by atoms with van der Waals surface area (Å²) >= 11 is 0. The highest BCUT2D eigenvalue weighted by atomic mass is 19.3. The zero-order valence-corrected chi connectivity index (χ0v) is 19.2. The molecule has 4 N–H and O–H groups in total. The van der Waals surface area contributed by atoms with Gasteiger partial charge in [0.15, 0.2) is 17.0 Å². The number of nitrogens with two attached hydrogens (primary N) is 1. The van der Waals surface area contributed by atoms with Crippen LogP contribution < -0.4 is 16.5 Å². The minimum atomic E-state index is -2.76. The number of hydrogen-bond donors (Lipinski definition) is 3. The molecule has 180 valence electrons. The molecule has 0 saturated carbocycles. The smallest absolute Gasteiger partial charge is 0.280 e. The first-order valence-corrected chi connectivity index (χ1v) is 10.7. The van der Waals surface area contributed by atoms with Crippen molar-refractivity contribution in [1.82, 2.24) is 9.97 Å². The minimum Gasteiger partial charge on any atom is -0.454 e. The first-order valence-electron chi connectivity index (χ1n) is 10.7. The van der Waals surface area contributed by atoms with E-state index in [0.29, 0.717) is 22.2 Å². The molecule has 0 radical (unpaired) electrons. The molecule has 0 amide bonds. The largest absolute Gasteiger partial charge is 0.454 e. The maximum absolute atomic E-state index is 13.3. The summed E-state index contributed by atoms with van der Waals surface area (Å²) in [5.41, 5.74) is 8.04. The van der Waals surface area contributed by atoms with Crippen LogP contribution in [0.15, 0.2) is 63.0 Å². The number of aromatic nitrogens is 2. The van der Waals surface area contributed by atoms with Gasteiger partial charge in [-0.3, -0.25) is 9.78 Å². The van der Waals surface area contributed by atoms with Gasteiger partial charge in [0.25, 0.3) is 6.43 Å². The van der Waals surface area contributed by atoms with Crippen molar-refractivity contribution in [2.24, 2.45) is 10.9 Å². The molecule has 8 nitrogen and oxygen atoms in total. The van der Waals surface area contributed by atoms with Crippen molar-refractivity contribution >= 4 is 22.5 Å². The van der Waals surface area contributed by atoms with Gasteiger partial charge in [0, 0.05) is 17.3 Å². The Bertz CT molecular complexity index is 1500. The molecular formula is C25H23F2N5O3. The van der Waals surface area contributed by atoms with Crippen molar-refractivity contribution < 1.29 is 18.4 Å². The molecule has 0 bridgehead atoms. The molecule has 1 atom stereocenters. The maximum atomic E-state index is 13.3. The maximum Gasteiger partial charge on any atom is 0.280 e. The number of pyridine rings is 2. The Labute approximate surface area is 199 Å². The Kier molecular flexibility index (Phi) is 6.46. The van der Waals surface area contributed by atoms with Gasteiger partial charge >= 0.3 is 0 Å². The first-order chi connectivity index (χ1) is 16.7. The average molecular weight is 479 g/mol. The predicted octanol–water partition coefficient (Wildman–Crippen LogP) is 5.07. The Morgan fingerprint density at radius 2 is 1.97 bits per heavy atom. The first kappa shape index (κ1) is 23.8. The Hall–Kier alpha value is -4.34. The number of hydrogen-bond acceptors (Lipinski definition) is 7. The Morgan fingerprint density at radius 1 is 1.20 bits per heavy atom. The lowest BCUT2D eigenvalue weighted by molar-refractivity contribution is 0.146. The van der Waals surface area contributed by atoms with Crippen molar-refractivity contribution in [1.29, 1.82) is 0 Å². The molecule has 4 rings (SSSR count). The van der Waals surface area contributed by atoms with E-state index >= 15 is 0 Å².